The van der Waals surface area contributed by atoms with E-state index in [2.05, 4.69) is 55.4 Å². The molecule has 6 nitrogen and oxygen atoms in total. The van der Waals surface area contributed by atoms with Crippen molar-refractivity contribution in [3.63, 3.8) is 0 Å². The molecule has 0 unspecified atom stereocenters. The van der Waals surface area contributed by atoms with Gasteiger partial charge < -0.3 is 19.9 Å². The Bertz CT molecular complexity index is 1410. The third-order valence-corrected chi connectivity index (χ3v) is 7.99. The monoisotopic (exact) mass is 550 g/mol. The van der Waals surface area contributed by atoms with E-state index in [0.717, 1.165) is 16.7 Å². The van der Waals surface area contributed by atoms with E-state index in [0.29, 0.717) is 17.8 Å². The van der Waals surface area contributed by atoms with Crippen molar-refractivity contribution >= 4 is 11.6 Å². The summed E-state index contributed by atoms with van der Waals surface area (Å²) in [5, 5.41) is 12.5. The van der Waals surface area contributed by atoms with E-state index in [1.165, 1.54) is 5.56 Å². The van der Waals surface area contributed by atoms with E-state index >= 15 is 0 Å². The molecule has 2 N–H and O–H groups in total. The van der Waals surface area contributed by atoms with Crippen LogP contribution in [0.4, 0.5) is 5.69 Å². The molecule has 1 amide bonds. The first-order chi connectivity index (χ1) is 19.9. The number of nitrogens with one attached hydrogen (secondary N) is 1. The highest BCUT2D eigenvalue weighted by Gasteiger charge is 2.39. The quantitative estimate of drug-likeness (QED) is 0.237. The summed E-state index contributed by atoms with van der Waals surface area (Å²) in [7, 11) is 2.13. The van der Waals surface area contributed by atoms with Crippen LogP contribution < -0.4 is 5.32 Å². The van der Waals surface area contributed by atoms with Crippen molar-refractivity contribution in [2.24, 2.45) is 5.92 Å². The van der Waals surface area contributed by atoms with E-state index in [9.17, 15) is 9.90 Å². The van der Waals surface area contributed by atoms with Gasteiger partial charge in [-0.25, -0.2) is 0 Å². The van der Waals surface area contributed by atoms with Gasteiger partial charge in [0.15, 0.2) is 6.29 Å². The number of amides is 1. The highest BCUT2D eigenvalue weighted by Crippen LogP contribution is 2.42. The summed E-state index contributed by atoms with van der Waals surface area (Å²) in [4.78, 5) is 15.1. The molecule has 0 aromatic heterocycles. The smallest absolute Gasteiger partial charge is 0.255 e. The van der Waals surface area contributed by atoms with E-state index in [4.69, 9.17) is 9.47 Å². The maximum atomic E-state index is 12.8. The summed E-state index contributed by atoms with van der Waals surface area (Å²) in [6.07, 6.45) is -0.947. The van der Waals surface area contributed by atoms with Crippen LogP contribution in [-0.2, 0) is 16.1 Å². The molecular weight excluding hydrogens is 512 g/mol. The second-order valence-electron chi connectivity index (χ2n) is 10.8. The van der Waals surface area contributed by atoms with Crippen molar-refractivity contribution in [1.82, 2.24) is 4.90 Å². The van der Waals surface area contributed by atoms with Gasteiger partial charge in [0.1, 0.15) is 0 Å². The van der Waals surface area contributed by atoms with Gasteiger partial charge in [0.05, 0.1) is 18.8 Å². The molecule has 6 heteroatoms. The molecule has 4 aromatic carbocycles. The number of hydrogen-bond acceptors (Lipinski definition) is 5. The third-order valence-electron chi connectivity index (χ3n) is 7.99. The van der Waals surface area contributed by atoms with Crippen LogP contribution in [0.1, 0.15) is 64.9 Å². The van der Waals surface area contributed by atoms with Gasteiger partial charge in [-0.05, 0) is 54.9 Å². The first-order valence-electron chi connectivity index (χ1n) is 14.1. The van der Waals surface area contributed by atoms with Crippen LogP contribution in [0.5, 0.6) is 0 Å². The number of nitrogens with zero attached hydrogens (tertiary/aromatic N) is 1. The second kappa shape index (κ2) is 13.2. The summed E-state index contributed by atoms with van der Waals surface area (Å²) in [5.41, 5.74) is 5.27. The van der Waals surface area contributed by atoms with E-state index < -0.39 is 6.29 Å². The minimum Gasteiger partial charge on any atom is -0.392 e. The minimum absolute atomic E-state index is 0.000614. The SMILES string of the molecule is C[C@H]1[C@@H](CN(C)[C@@H](C)c2ccccc2)O[C@@H](c2cccc(NC(=O)c3ccccc3)c2)O[C@H]1c1ccc(CO)cc1. The zero-order chi connectivity index (χ0) is 28.8. The average molecular weight is 551 g/mol. The lowest BCUT2D eigenvalue weighted by Gasteiger charge is -2.43. The Morgan fingerprint density at radius 1 is 0.878 bits per heavy atom. The van der Waals surface area contributed by atoms with Crippen molar-refractivity contribution in [2.75, 3.05) is 18.9 Å². The number of likely N-dealkylation sites (N-methyl/N-ethyl adjacent to an activating group) is 1. The Morgan fingerprint density at radius 3 is 2.24 bits per heavy atom. The predicted octanol–water partition coefficient (Wildman–Crippen LogP) is 6.92. The van der Waals surface area contributed by atoms with Crippen LogP contribution in [0.25, 0.3) is 0 Å². The van der Waals surface area contributed by atoms with Gasteiger partial charge >= 0.3 is 0 Å². The first kappa shape index (κ1) is 28.7. The number of ether oxygens (including phenoxy) is 2. The molecule has 5 rings (SSSR count). The fourth-order valence-electron chi connectivity index (χ4n) is 5.31. The van der Waals surface area contributed by atoms with Crippen LogP contribution in [-0.4, -0.2) is 35.6 Å². The van der Waals surface area contributed by atoms with Crippen LogP contribution in [0.15, 0.2) is 109 Å². The van der Waals surface area contributed by atoms with Gasteiger partial charge in [0, 0.05) is 35.3 Å². The van der Waals surface area contributed by atoms with Crippen molar-refractivity contribution in [2.45, 2.75) is 45.0 Å². The molecule has 1 aliphatic heterocycles. The first-order valence-corrected chi connectivity index (χ1v) is 14.1. The minimum atomic E-state index is -0.618. The Kier molecular flexibility index (Phi) is 9.27. The highest BCUT2D eigenvalue weighted by molar-refractivity contribution is 6.04. The summed E-state index contributed by atoms with van der Waals surface area (Å²) < 4.78 is 13.3. The summed E-state index contributed by atoms with van der Waals surface area (Å²) >= 11 is 0. The largest absolute Gasteiger partial charge is 0.392 e. The number of carbonyl (C=O) groups excluding carboxylic acids is 1. The zero-order valence-corrected chi connectivity index (χ0v) is 23.8. The Balaban J connectivity index is 1.39. The topological polar surface area (TPSA) is 71.0 Å². The molecule has 0 aliphatic carbocycles. The highest BCUT2D eigenvalue weighted by atomic mass is 16.7. The van der Waals surface area contributed by atoms with Gasteiger partial charge in [-0.1, -0.05) is 91.9 Å². The Labute approximate surface area is 242 Å². The molecule has 5 atom stereocenters. The molecule has 0 radical (unpaired) electrons. The van der Waals surface area contributed by atoms with E-state index in [1.807, 2.05) is 72.8 Å². The fraction of sp³-hybridized carbons (Fsp3) is 0.286. The lowest BCUT2D eigenvalue weighted by molar-refractivity contribution is -0.276. The van der Waals surface area contributed by atoms with E-state index in [1.54, 1.807) is 12.1 Å². The van der Waals surface area contributed by atoms with Crippen LogP contribution in [0.2, 0.25) is 0 Å². The predicted molar refractivity (Wildman–Crippen MR) is 161 cm³/mol. The molecule has 212 valence electrons. The standard InChI is InChI=1S/C35H38N2O4/c1-24-32(22-37(3)25(2)27-11-6-4-7-12-27)40-35(41-33(24)28-19-17-26(23-38)18-20-28)30-15-10-16-31(21-30)36-34(39)29-13-8-5-9-14-29/h4-21,24-25,32-33,35,38H,22-23H2,1-3H3,(H,36,39)/t24-,25-,32+,33+,35+/m0/s1. The number of hydrogen-bond donors (Lipinski definition) is 2. The van der Waals surface area contributed by atoms with Gasteiger partial charge in [0.2, 0.25) is 0 Å². The molecular formula is C35H38N2O4. The zero-order valence-electron chi connectivity index (χ0n) is 23.8. The second-order valence-corrected chi connectivity index (χ2v) is 10.8. The van der Waals surface area contributed by atoms with Gasteiger partial charge in [-0.3, -0.25) is 9.69 Å². The molecule has 0 saturated carbocycles. The molecule has 1 saturated heterocycles. The molecule has 1 aliphatic rings. The lowest BCUT2D eigenvalue weighted by Crippen LogP contribution is -2.44. The lowest BCUT2D eigenvalue weighted by atomic mass is 9.89. The summed E-state index contributed by atoms with van der Waals surface area (Å²) in [6.45, 7) is 5.09. The number of aliphatic hydroxyl groups excluding tert-OH is 1. The maximum Gasteiger partial charge on any atom is 0.255 e. The number of carbonyl (C=O) groups is 1. The molecule has 4 aromatic rings. The summed E-state index contributed by atoms with van der Waals surface area (Å²) in [6, 6.07) is 35.4. The molecule has 0 spiro atoms. The van der Waals surface area contributed by atoms with Crippen molar-refractivity contribution in [1.29, 1.82) is 0 Å². The van der Waals surface area contributed by atoms with Crippen LogP contribution >= 0.6 is 0 Å². The van der Waals surface area contributed by atoms with Crippen LogP contribution in [0.3, 0.4) is 0 Å². The van der Waals surface area contributed by atoms with Gasteiger partial charge in [0.25, 0.3) is 5.91 Å². The van der Waals surface area contributed by atoms with E-state index in [-0.39, 0.29) is 36.7 Å². The van der Waals surface area contributed by atoms with Crippen molar-refractivity contribution < 1.29 is 19.4 Å². The number of benzene rings is 4. The molecule has 1 fully saturated rings. The Morgan fingerprint density at radius 2 is 1.56 bits per heavy atom. The molecule has 1 heterocycles. The van der Waals surface area contributed by atoms with Gasteiger partial charge in [-0.15, -0.1) is 0 Å². The van der Waals surface area contributed by atoms with Crippen LogP contribution in [0, 0.1) is 5.92 Å². The molecule has 0 bridgehead atoms. The van der Waals surface area contributed by atoms with Gasteiger partial charge in [-0.2, -0.15) is 0 Å². The third kappa shape index (κ3) is 6.92. The number of rotatable bonds is 9. The number of anilines is 1. The maximum absolute atomic E-state index is 12.8. The molecule has 41 heavy (non-hydrogen) atoms. The van der Waals surface area contributed by atoms with Crippen molar-refractivity contribution in [3.8, 4) is 0 Å². The average Bonchev–Trinajstić information content (AvgIpc) is 3.02. The summed E-state index contributed by atoms with van der Waals surface area (Å²) in [5.74, 6) is -0.101. The fourth-order valence-corrected chi connectivity index (χ4v) is 5.31. The van der Waals surface area contributed by atoms with Crippen molar-refractivity contribution in [3.05, 3.63) is 137 Å². The Hall–Kier alpha value is -3.81. The number of aliphatic hydroxyl groups is 1. The normalized spacial score (nSPS) is 21.4.